The van der Waals surface area contributed by atoms with E-state index in [0.717, 1.165) is 18.9 Å². The minimum Gasteiger partial charge on any atom is -0.325 e. The van der Waals surface area contributed by atoms with Gasteiger partial charge in [-0.2, -0.15) is 13.2 Å². The number of alkyl halides is 3. The molecule has 1 aromatic rings. The van der Waals surface area contributed by atoms with E-state index >= 15 is 0 Å². The van der Waals surface area contributed by atoms with E-state index in [2.05, 4.69) is 21.2 Å². The number of unbranched alkanes of at least 4 members (excludes halogenated alkanes) is 1. The first kappa shape index (κ1) is 17.0. The van der Waals surface area contributed by atoms with Gasteiger partial charge in [0.15, 0.2) is 0 Å². The molecular weight excluding hydrogens is 337 g/mol. The molecule has 0 aliphatic heterocycles. The van der Waals surface area contributed by atoms with Crippen LogP contribution in [0.3, 0.4) is 0 Å². The number of hydrogen-bond donors (Lipinski definition) is 2. The molecular formula is C13H16BrF3N2O. The minimum absolute atomic E-state index is 0.0710. The van der Waals surface area contributed by atoms with Gasteiger partial charge >= 0.3 is 6.18 Å². The summed E-state index contributed by atoms with van der Waals surface area (Å²) in [6.07, 6.45) is -2.28. The van der Waals surface area contributed by atoms with Crippen LogP contribution in [-0.2, 0) is 11.0 Å². The van der Waals surface area contributed by atoms with Gasteiger partial charge in [0, 0.05) is 10.2 Å². The number of rotatable bonds is 5. The molecule has 0 saturated heterocycles. The zero-order chi connectivity index (χ0) is 15.3. The lowest BCUT2D eigenvalue weighted by Crippen LogP contribution is -2.35. The maximum atomic E-state index is 12.7. The fourth-order valence-electron chi connectivity index (χ4n) is 1.61. The van der Waals surface area contributed by atoms with E-state index in [1.165, 1.54) is 12.1 Å². The second kappa shape index (κ2) is 7.08. The average molecular weight is 353 g/mol. The highest BCUT2D eigenvalue weighted by atomic mass is 79.9. The van der Waals surface area contributed by atoms with Crippen molar-refractivity contribution in [3.8, 4) is 0 Å². The third kappa shape index (κ3) is 4.79. The largest absolute Gasteiger partial charge is 0.417 e. The maximum Gasteiger partial charge on any atom is 0.417 e. The zero-order valence-corrected chi connectivity index (χ0v) is 12.5. The number of benzene rings is 1. The van der Waals surface area contributed by atoms with Crippen LogP contribution >= 0.6 is 15.9 Å². The number of carbonyl (C=O) groups excluding carboxylic acids is 1. The van der Waals surface area contributed by atoms with Gasteiger partial charge in [-0.1, -0.05) is 35.7 Å². The van der Waals surface area contributed by atoms with Crippen LogP contribution in [0.5, 0.6) is 0 Å². The normalized spacial score (nSPS) is 13.1. The van der Waals surface area contributed by atoms with E-state index in [-0.39, 0.29) is 10.2 Å². The van der Waals surface area contributed by atoms with Crippen molar-refractivity contribution in [2.24, 2.45) is 5.73 Å². The van der Waals surface area contributed by atoms with E-state index < -0.39 is 23.7 Å². The van der Waals surface area contributed by atoms with Crippen molar-refractivity contribution < 1.29 is 18.0 Å². The minimum atomic E-state index is -4.48. The Bertz CT molecular complexity index is 477. The summed E-state index contributed by atoms with van der Waals surface area (Å²) in [5.41, 5.74) is 4.91. The summed E-state index contributed by atoms with van der Waals surface area (Å²) in [5.74, 6) is -0.478. The van der Waals surface area contributed by atoms with Gasteiger partial charge in [0.1, 0.15) is 0 Å². The van der Waals surface area contributed by atoms with E-state index in [4.69, 9.17) is 5.73 Å². The summed E-state index contributed by atoms with van der Waals surface area (Å²) in [4.78, 5) is 11.7. The molecule has 0 saturated carbocycles. The van der Waals surface area contributed by atoms with Gasteiger partial charge < -0.3 is 11.1 Å². The van der Waals surface area contributed by atoms with E-state index in [1.54, 1.807) is 0 Å². The van der Waals surface area contributed by atoms with Gasteiger partial charge in [-0.05, 0) is 24.6 Å². The molecule has 1 amide bonds. The first-order valence-electron chi connectivity index (χ1n) is 6.19. The lowest BCUT2D eigenvalue weighted by molar-refractivity contribution is -0.138. The molecule has 112 valence electrons. The SMILES string of the molecule is CCCCC(N)C(=O)Nc1ccc(Br)c(C(F)(F)F)c1. The molecule has 0 heterocycles. The van der Waals surface area contributed by atoms with E-state index in [9.17, 15) is 18.0 Å². The summed E-state index contributed by atoms with van der Waals surface area (Å²) >= 11 is 2.84. The Hall–Kier alpha value is -1.08. The summed E-state index contributed by atoms with van der Waals surface area (Å²) < 4.78 is 38.1. The molecule has 1 atom stereocenters. The lowest BCUT2D eigenvalue weighted by Gasteiger charge is -2.14. The molecule has 20 heavy (non-hydrogen) atoms. The fourth-order valence-corrected chi connectivity index (χ4v) is 2.08. The third-order valence-corrected chi connectivity index (χ3v) is 3.44. The highest BCUT2D eigenvalue weighted by Crippen LogP contribution is 2.36. The average Bonchev–Trinajstić information content (AvgIpc) is 2.36. The molecule has 7 heteroatoms. The topological polar surface area (TPSA) is 55.1 Å². The van der Waals surface area contributed by atoms with Crippen molar-refractivity contribution in [3.63, 3.8) is 0 Å². The second-order valence-corrected chi connectivity index (χ2v) is 5.28. The number of nitrogens with two attached hydrogens (primary N) is 1. The van der Waals surface area contributed by atoms with Crippen LogP contribution in [0.1, 0.15) is 31.7 Å². The predicted octanol–water partition coefficient (Wildman–Crippen LogP) is 3.92. The standard InChI is InChI=1S/C13H16BrF3N2O/c1-2-3-4-11(18)12(20)19-8-5-6-10(14)9(7-8)13(15,16)17/h5-7,11H,2-4,18H2,1H3,(H,19,20). The fraction of sp³-hybridized carbons (Fsp3) is 0.462. The van der Waals surface area contributed by atoms with Gasteiger partial charge in [-0.25, -0.2) is 0 Å². The Balaban J connectivity index is 2.81. The van der Waals surface area contributed by atoms with Gasteiger partial charge in [0.2, 0.25) is 5.91 Å². The number of hydrogen-bond acceptors (Lipinski definition) is 2. The van der Waals surface area contributed by atoms with Crippen LogP contribution in [0.15, 0.2) is 22.7 Å². The molecule has 0 fully saturated rings. The maximum absolute atomic E-state index is 12.7. The quantitative estimate of drug-likeness (QED) is 0.843. The number of carbonyl (C=O) groups is 1. The van der Waals surface area contributed by atoms with Crippen molar-refractivity contribution in [2.45, 2.75) is 38.4 Å². The molecule has 3 N–H and O–H groups in total. The second-order valence-electron chi connectivity index (χ2n) is 4.43. The summed E-state index contributed by atoms with van der Waals surface area (Å²) in [5, 5.41) is 2.41. The van der Waals surface area contributed by atoms with E-state index in [1.807, 2.05) is 6.92 Å². The van der Waals surface area contributed by atoms with Crippen molar-refractivity contribution in [1.29, 1.82) is 0 Å². The Morgan fingerprint density at radius 2 is 2.10 bits per heavy atom. The van der Waals surface area contributed by atoms with Crippen LogP contribution in [0, 0.1) is 0 Å². The molecule has 0 radical (unpaired) electrons. The molecule has 0 spiro atoms. The first-order valence-corrected chi connectivity index (χ1v) is 6.98. The molecule has 3 nitrogen and oxygen atoms in total. The zero-order valence-electron chi connectivity index (χ0n) is 10.9. The van der Waals surface area contributed by atoms with Crippen LogP contribution in [0.2, 0.25) is 0 Å². The summed E-state index contributed by atoms with van der Waals surface area (Å²) in [6, 6.07) is 2.81. The van der Waals surface area contributed by atoms with Gasteiger partial charge in [-0.15, -0.1) is 0 Å². The molecule has 0 aliphatic carbocycles. The Morgan fingerprint density at radius 1 is 1.45 bits per heavy atom. The van der Waals surface area contributed by atoms with Crippen molar-refractivity contribution in [2.75, 3.05) is 5.32 Å². The van der Waals surface area contributed by atoms with Crippen LogP contribution in [0.25, 0.3) is 0 Å². The van der Waals surface area contributed by atoms with Gasteiger partial charge in [0.05, 0.1) is 11.6 Å². The summed E-state index contributed by atoms with van der Waals surface area (Å²) in [7, 11) is 0. The smallest absolute Gasteiger partial charge is 0.325 e. The number of anilines is 1. The Labute approximate surface area is 123 Å². The molecule has 1 unspecified atom stereocenters. The summed E-state index contributed by atoms with van der Waals surface area (Å²) in [6.45, 7) is 1.97. The molecule has 0 aliphatic rings. The monoisotopic (exact) mass is 352 g/mol. The highest BCUT2D eigenvalue weighted by Gasteiger charge is 2.33. The number of amides is 1. The molecule has 1 aromatic carbocycles. The van der Waals surface area contributed by atoms with Crippen molar-refractivity contribution in [1.82, 2.24) is 0 Å². The predicted molar refractivity (Wildman–Crippen MR) is 75.3 cm³/mol. The third-order valence-electron chi connectivity index (χ3n) is 2.74. The van der Waals surface area contributed by atoms with Gasteiger partial charge in [0.25, 0.3) is 0 Å². The molecule has 0 aromatic heterocycles. The first-order chi connectivity index (χ1) is 9.25. The van der Waals surface area contributed by atoms with Crippen molar-refractivity contribution >= 4 is 27.5 Å². The molecule has 1 rings (SSSR count). The van der Waals surface area contributed by atoms with Gasteiger partial charge in [-0.3, -0.25) is 4.79 Å². The van der Waals surface area contributed by atoms with Crippen LogP contribution in [0.4, 0.5) is 18.9 Å². The van der Waals surface area contributed by atoms with E-state index in [0.29, 0.717) is 6.42 Å². The Morgan fingerprint density at radius 3 is 2.65 bits per heavy atom. The Kier molecular flexibility index (Phi) is 6.01. The number of nitrogens with one attached hydrogen (secondary N) is 1. The highest BCUT2D eigenvalue weighted by molar-refractivity contribution is 9.10. The number of halogens is 4. The molecule has 0 bridgehead atoms. The lowest BCUT2D eigenvalue weighted by atomic mass is 10.1. The van der Waals surface area contributed by atoms with Crippen LogP contribution < -0.4 is 11.1 Å². The van der Waals surface area contributed by atoms with Crippen molar-refractivity contribution in [3.05, 3.63) is 28.2 Å². The van der Waals surface area contributed by atoms with Crippen LogP contribution in [-0.4, -0.2) is 11.9 Å².